The van der Waals surface area contributed by atoms with Gasteiger partial charge in [-0.25, -0.2) is 4.57 Å². The summed E-state index contributed by atoms with van der Waals surface area (Å²) in [5.74, 6) is -1.44. The number of phosphoric acid groups is 1. The molecule has 0 radical (unpaired) electrons. The second-order valence-electron chi connectivity index (χ2n) is 20.2. The highest BCUT2D eigenvalue weighted by atomic mass is 31.2. The molecule has 12 heteroatoms. The summed E-state index contributed by atoms with van der Waals surface area (Å²) in [5.41, 5.74) is 0. The topological polar surface area (TPSA) is 155 Å². The van der Waals surface area contributed by atoms with E-state index in [2.05, 4.69) is 32.9 Å². The van der Waals surface area contributed by atoms with Crippen molar-refractivity contribution in [3.05, 3.63) is 12.2 Å². The highest BCUT2D eigenvalue weighted by Crippen LogP contribution is 2.43. The van der Waals surface area contributed by atoms with E-state index in [-0.39, 0.29) is 25.9 Å². The number of carbonyl (C=O) groups is 3. The van der Waals surface area contributed by atoms with Crippen molar-refractivity contribution in [1.82, 2.24) is 0 Å². The fraction of sp³-hybridized carbons (Fsp3) is 0.914. The van der Waals surface area contributed by atoms with Crippen LogP contribution in [0.2, 0.25) is 0 Å². The largest absolute Gasteiger partial charge is 0.472 e. The molecule has 0 heterocycles. The highest BCUT2D eigenvalue weighted by molar-refractivity contribution is 7.47. The number of carbonyl (C=O) groups excluding carboxylic acids is 3. The van der Waals surface area contributed by atoms with Crippen molar-refractivity contribution >= 4 is 25.7 Å². The maximum atomic E-state index is 12.9. The zero-order valence-corrected chi connectivity index (χ0v) is 46.7. The molecular formula is C58H111O11P. The predicted octanol–water partition coefficient (Wildman–Crippen LogP) is 17.3. The van der Waals surface area contributed by atoms with Crippen molar-refractivity contribution < 1.29 is 52.2 Å². The van der Waals surface area contributed by atoms with Gasteiger partial charge in [-0.05, 0) is 38.5 Å². The van der Waals surface area contributed by atoms with Crippen LogP contribution in [-0.4, -0.2) is 66.5 Å². The molecule has 0 fully saturated rings. The molecule has 0 rings (SSSR count). The highest BCUT2D eigenvalue weighted by Gasteiger charge is 2.28. The molecule has 0 saturated heterocycles. The van der Waals surface area contributed by atoms with Crippen LogP contribution in [0.5, 0.6) is 0 Å². The lowest BCUT2D eigenvalue weighted by Crippen LogP contribution is -2.30. The average Bonchev–Trinajstić information content (AvgIpc) is 3.35. The van der Waals surface area contributed by atoms with Crippen LogP contribution in [0.4, 0.5) is 0 Å². The first-order chi connectivity index (χ1) is 34.2. The number of ether oxygens (including phenoxy) is 3. The predicted molar refractivity (Wildman–Crippen MR) is 289 cm³/mol. The van der Waals surface area contributed by atoms with Crippen LogP contribution in [0.25, 0.3) is 0 Å². The number of unbranched alkanes of at least 4 members (excludes halogenated alkanes) is 37. The number of hydrogen-bond donors (Lipinski definition) is 2. The minimum absolute atomic E-state index is 0.172. The maximum absolute atomic E-state index is 12.9. The van der Waals surface area contributed by atoms with Gasteiger partial charge in [0.1, 0.15) is 12.7 Å². The third-order valence-corrected chi connectivity index (χ3v) is 14.1. The molecule has 0 amide bonds. The molecule has 70 heavy (non-hydrogen) atoms. The second kappa shape index (κ2) is 53.5. The van der Waals surface area contributed by atoms with Crippen LogP contribution < -0.4 is 0 Å². The molecular weight excluding hydrogens is 904 g/mol. The summed E-state index contributed by atoms with van der Waals surface area (Å²) >= 11 is 0. The molecule has 0 aromatic carbocycles. The van der Waals surface area contributed by atoms with E-state index in [4.69, 9.17) is 23.3 Å². The van der Waals surface area contributed by atoms with E-state index >= 15 is 0 Å². The van der Waals surface area contributed by atoms with Crippen molar-refractivity contribution in [3.8, 4) is 0 Å². The van der Waals surface area contributed by atoms with Crippen LogP contribution in [-0.2, 0) is 42.2 Å². The summed E-state index contributed by atoms with van der Waals surface area (Å²) in [6.45, 7) is 4.65. The Balaban J connectivity index is 4.62. The summed E-state index contributed by atoms with van der Waals surface area (Å²) in [6, 6.07) is 0. The lowest BCUT2D eigenvalue weighted by molar-refractivity contribution is -0.161. The molecule has 0 spiro atoms. The minimum Gasteiger partial charge on any atom is -0.462 e. The molecule has 0 bridgehead atoms. The van der Waals surface area contributed by atoms with Crippen molar-refractivity contribution in [3.63, 3.8) is 0 Å². The van der Waals surface area contributed by atoms with Gasteiger partial charge in [-0.2, -0.15) is 0 Å². The van der Waals surface area contributed by atoms with Crippen molar-refractivity contribution in [2.75, 3.05) is 26.4 Å². The summed E-state index contributed by atoms with van der Waals surface area (Å²) in [5, 5.41) is 9.78. The summed E-state index contributed by atoms with van der Waals surface area (Å²) < 4.78 is 39.5. The molecule has 0 saturated carbocycles. The fourth-order valence-electron chi connectivity index (χ4n) is 8.63. The number of esters is 3. The average molecular weight is 1020 g/mol. The lowest BCUT2D eigenvalue weighted by atomic mass is 10.0. The normalized spacial score (nSPS) is 13.4. The van der Waals surface area contributed by atoms with Crippen molar-refractivity contribution in [2.45, 2.75) is 315 Å². The van der Waals surface area contributed by atoms with Crippen LogP contribution in [0, 0.1) is 0 Å². The Morgan fingerprint density at radius 3 is 1.03 bits per heavy atom. The summed E-state index contributed by atoms with van der Waals surface area (Å²) in [4.78, 5) is 48.5. The van der Waals surface area contributed by atoms with E-state index < -0.39 is 57.8 Å². The smallest absolute Gasteiger partial charge is 0.462 e. The van der Waals surface area contributed by atoms with Gasteiger partial charge < -0.3 is 24.2 Å². The maximum Gasteiger partial charge on any atom is 0.472 e. The van der Waals surface area contributed by atoms with E-state index in [0.717, 1.165) is 77.0 Å². The molecule has 0 aliphatic heterocycles. The van der Waals surface area contributed by atoms with Gasteiger partial charge in [0.25, 0.3) is 0 Å². The molecule has 0 aliphatic rings. The Bertz CT molecular complexity index is 1230. The first-order valence-electron chi connectivity index (χ1n) is 29.6. The van der Waals surface area contributed by atoms with Crippen molar-refractivity contribution in [1.29, 1.82) is 0 Å². The Labute approximate surface area is 430 Å². The van der Waals surface area contributed by atoms with E-state index in [1.807, 2.05) is 0 Å². The zero-order valence-electron chi connectivity index (χ0n) is 45.8. The molecule has 2 N–H and O–H groups in total. The Hall–Kier alpha value is -1.78. The molecule has 0 aromatic heterocycles. The number of phosphoric ester groups is 1. The van der Waals surface area contributed by atoms with Crippen molar-refractivity contribution in [2.24, 2.45) is 0 Å². The number of allylic oxidation sites excluding steroid dienone is 2. The Morgan fingerprint density at radius 2 is 0.671 bits per heavy atom. The van der Waals surface area contributed by atoms with E-state index in [1.165, 1.54) is 167 Å². The third-order valence-electron chi connectivity index (χ3n) is 13.2. The van der Waals surface area contributed by atoms with Crippen LogP contribution in [0.15, 0.2) is 12.2 Å². The molecule has 11 nitrogen and oxygen atoms in total. The van der Waals surface area contributed by atoms with Gasteiger partial charge in [0.05, 0.1) is 19.8 Å². The van der Waals surface area contributed by atoms with Gasteiger partial charge in [0.2, 0.25) is 0 Å². The van der Waals surface area contributed by atoms with Gasteiger partial charge in [-0.1, -0.05) is 258 Å². The van der Waals surface area contributed by atoms with E-state index in [0.29, 0.717) is 19.3 Å². The fourth-order valence-corrected chi connectivity index (χ4v) is 9.42. The number of aliphatic hydroxyl groups is 1. The van der Waals surface area contributed by atoms with E-state index in [9.17, 15) is 28.9 Å². The second-order valence-corrected chi connectivity index (χ2v) is 21.6. The lowest BCUT2D eigenvalue weighted by Gasteiger charge is -2.21. The summed E-state index contributed by atoms with van der Waals surface area (Å²) in [7, 11) is -4.74. The quantitative estimate of drug-likeness (QED) is 0.0197. The minimum atomic E-state index is -4.74. The van der Waals surface area contributed by atoms with Crippen LogP contribution >= 0.6 is 7.82 Å². The summed E-state index contributed by atoms with van der Waals surface area (Å²) in [6.07, 6.45) is 51.8. The zero-order chi connectivity index (χ0) is 51.3. The van der Waals surface area contributed by atoms with Crippen LogP contribution in [0.3, 0.4) is 0 Å². The Kier molecular flexibility index (Phi) is 52.1. The number of rotatable bonds is 56. The third kappa shape index (κ3) is 51.1. The van der Waals surface area contributed by atoms with E-state index in [1.54, 1.807) is 0 Å². The monoisotopic (exact) mass is 1010 g/mol. The molecule has 0 aliphatic carbocycles. The van der Waals surface area contributed by atoms with Crippen LogP contribution in [0.1, 0.15) is 303 Å². The SMILES string of the molecule is CCCC/C=C\CCCCCCCC(=O)OC(CO)COP(=O)(O)OCC(COC(=O)CCCCCCCCCCCCCCCCCCCCC)OC(=O)CCCCCCCCCCCCCCC. The van der Waals surface area contributed by atoms with Gasteiger partial charge in [-0.15, -0.1) is 0 Å². The number of aliphatic hydroxyl groups excluding tert-OH is 1. The first kappa shape index (κ1) is 68.2. The first-order valence-corrected chi connectivity index (χ1v) is 31.1. The Morgan fingerprint density at radius 1 is 0.386 bits per heavy atom. The van der Waals surface area contributed by atoms with Gasteiger partial charge >= 0.3 is 25.7 Å². The molecule has 3 atom stereocenters. The van der Waals surface area contributed by atoms with Gasteiger partial charge in [-0.3, -0.25) is 23.4 Å². The standard InChI is InChI=1S/C58H111O11P/c1-4-7-10-13-16-19-22-24-25-26-27-28-29-31-33-35-38-41-44-47-56(60)65-51-55(69-58(62)49-46-43-40-37-34-30-23-20-17-14-11-8-5-2)53-67-70(63,64)66-52-54(50-59)68-57(61)48-45-42-39-36-32-21-18-15-12-9-6-3/h15,18,54-55,59H,4-14,16-17,19-53H2,1-3H3,(H,63,64)/b18-15-. The van der Waals surface area contributed by atoms with Gasteiger partial charge in [0, 0.05) is 19.3 Å². The molecule has 414 valence electrons. The number of hydrogen-bond acceptors (Lipinski definition) is 10. The molecule has 0 aromatic rings. The van der Waals surface area contributed by atoms with Gasteiger partial charge in [0.15, 0.2) is 6.10 Å². The molecule has 3 unspecified atom stereocenters.